The molecule has 0 saturated carbocycles. The van der Waals surface area contributed by atoms with Crippen molar-refractivity contribution in [2.75, 3.05) is 25.0 Å². The van der Waals surface area contributed by atoms with Crippen LogP contribution in [0.5, 0.6) is 0 Å². The highest BCUT2D eigenvalue weighted by Crippen LogP contribution is 2.18. The van der Waals surface area contributed by atoms with E-state index >= 15 is 0 Å². The number of amides is 2. The molecule has 6 heteroatoms. The van der Waals surface area contributed by atoms with Crippen molar-refractivity contribution in [2.24, 2.45) is 5.73 Å². The number of anilines is 1. The van der Waals surface area contributed by atoms with Crippen molar-refractivity contribution in [3.63, 3.8) is 0 Å². The fraction of sp³-hybridized carbons (Fsp3) is 0.333. The van der Waals surface area contributed by atoms with E-state index in [-0.39, 0.29) is 18.4 Å². The van der Waals surface area contributed by atoms with Gasteiger partial charge in [0.25, 0.3) is 0 Å². The number of hydrogen-bond donors (Lipinski definition) is 2. The lowest BCUT2D eigenvalue weighted by Gasteiger charge is -2.32. The fourth-order valence-electron chi connectivity index (χ4n) is 3.21. The Hall–Kier alpha value is -2.70. The van der Waals surface area contributed by atoms with Crippen LogP contribution in [0.1, 0.15) is 27.9 Å². The first-order chi connectivity index (χ1) is 13.0. The zero-order valence-corrected chi connectivity index (χ0v) is 15.5. The Labute approximate surface area is 159 Å². The van der Waals surface area contributed by atoms with Gasteiger partial charge in [0.1, 0.15) is 0 Å². The normalized spacial score (nSPS) is 17.4. The molecule has 0 spiro atoms. The van der Waals surface area contributed by atoms with Crippen LogP contribution in [0.15, 0.2) is 48.5 Å². The Bertz CT molecular complexity index is 808. The molecule has 1 fully saturated rings. The van der Waals surface area contributed by atoms with Crippen molar-refractivity contribution in [1.29, 1.82) is 0 Å². The van der Waals surface area contributed by atoms with Crippen LogP contribution < -0.4 is 11.1 Å². The van der Waals surface area contributed by atoms with Gasteiger partial charge in [-0.15, -0.1) is 0 Å². The fourth-order valence-corrected chi connectivity index (χ4v) is 3.21. The minimum absolute atomic E-state index is 0.133. The van der Waals surface area contributed by atoms with E-state index in [9.17, 15) is 9.59 Å². The monoisotopic (exact) mass is 367 g/mol. The molecule has 1 unspecified atom stereocenters. The van der Waals surface area contributed by atoms with Gasteiger partial charge in [-0.2, -0.15) is 0 Å². The quantitative estimate of drug-likeness (QED) is 0.821. The number of carbonyl (C=O) groups is 2. The summed E-state index contributed by atoms with van der Waals surface area (Å²) in [6.45, 7) is 4.90. The topological polar surface area (TPSA) is 84.7 Å². The lowest BCUT2D eigenvalue weighted by atomic mass is 10.1. The molecule has 0 aromatic heterocycles. The molecule has 0 bridgehead atoms. The largest absolute Gasteiger partial charge is 0.375 e. The van der Waals surface area contributed by atoms with Gasteiger partial charge in [-0.3, -0.25) is 14.5 Å². The third-order valence-corrected chi connectivity index (χ3v) is 4.68. The smallest absolute Gasteiger partial charge is 0.248 e. The highest BCUT2D eigenvalue weighted by Gasteiger charge is 2.23. The van der Waals surface area contributed by atoms with E-state index in [2.05, 4.69) is 22.3 Å². The Morgan fingerprint density at radius 1 is 1.22 bits per heavy atom. The summed E-state index contributed by atoms with van der Waals surface area (Å²) in [6, 6.07) is 15.3. The second-order valence-corrected chi connectivity index (χ2v) is 6.86. The number of nitrogens with zero attached hydrogens (tertiary/aromatic N) is 1. The van der Waals surface area contributed by atoms with Crippen molar-refractivity contribution in [1.82, 2.24) is 4.90 Å². The van der Waals surface area contributed by atoms with Crippen LogP contribution in [-0.4, -0.2) is 42.5 Å². The van der Waals surface area contributed by atoms with Gasteiger partial charge in [-0.05, 0) is 30.2 Å². The standard InChI is InChI=1S/C21H25N3O3/c1-15-7-8-17(21(22)26)11-19(15)23-20(25)12-18-14-24(9-10-27-18)13-16-5-3-2-4-6-16/h2-8,11,18H,9-10,12-14H2,1H3,(H2,22,26)(H,23,25). The van der Waals surface area contributed by atoms with E-state index < -0.39 is 5.91 Å². The van der Waals surface area contributed by atoms with Gasteiger partial charge >= 0.3 is 0 Å². The van der Waals surface area contributed by atoms with E-state index in [1.165, 1.54) is 5.56 Å². The second-order valence-electron chi connectivity index (χ2n) is 6.86. The van der Waals surface area contributed by atoms with E-state index in [0.29, 0.717) is 24.4 Å². The first-order valence-electron chi connectivity index (χ1n) is 9.09. The van der Waals surface area contributed by atoms with Gasteiger partial charge in [0, 0.05) is 30.9 Å². The van der Waals surface area contributed by atoms with Gasteiger partial charge < -0.3 is 15.8 Å². The maximum atomic E-state index is 12.5. The molecule has 1 atom stereocenters. The molecule has 2 amide bonds. The number of carbonyl (C=O) groups excluding carboxylic acids is 2. The van der Waals surface area contributed by atoms with Crippen LogP contribution in [0.4, 0.5) is 5.69 Å². The molecule has 1 aliphatic heterocycles. The van der Waals surface area contributed by atoms with Crippen molar-refractivity contribution in [3.05, 3.63) is 65.2 Å². The van der Waals surface area contributed by atoms with Crippen LogP contribution in [-0.2, 0) is 16.1 Å². The molecule has 0 radical (unpaired) electrons. The Morgan fingerprint density at radius 3 is 2.74 bits per heavy atom. The minimum atomic E-state index is -0.516. The summed E-state index contributed by atoms with van der Waals surface area (Å²) in [5, 5.41) is 2.87. The summed E-state index contributed by atoms with van der Waals surface area (Å²) in [5.41, 5.74) is 8.42. The molecule has 3 N–H and O–H groups in total. The first kappa shape index (κ1) is 19.1. The number of morpholine rings is 1. The number of primary amides is 1. The molecule has 2 aromatic carbocycles. The van der Waals surface area contributed by atoms with Gasteiger partial charge in [-0.25, -0.2) is 0 Å². The summed E-state index contributed by atoms with van der Waals surface area (Å²) < 4.78 is 5.77. The van der Waals surface area contributed by atoms with Crippen LogP contribution in [0.2, 0.25) is 0 Å². The summed E-state index contributed by atoms with van der Waals surface area (Å²) in [5.74, 6) is -0.649. The molecule has 6 nitrogen and oxygen atoms in total. The van der Waals surface area contributed by atoms with Gasteiger partial charge in [-0.1, -0.05) is 36.4 Å². The SMILES string of the molecule is Cc1ccc(C(N)=O)cc1NC(=O)CC1CN(Cc2ccccc2)CCO1. The molecular formula is C21H25N3O3. The molecule has 142 valence electrons. The van der Waals surface area contributed by atoms with Gasteiger partial charge in [0.2, 0.25) is 11.8 Å². The molecule has 1 saturated heterocycles. The molecule has 2 aromatic rings. The minimum Gasteiger partial charge on any atom is -0.375 e. The van der Waals surface area contributed by atoms with Crippen LogP contribution in [0.25, 0.3) is 0 Å². The van der Waals surface area contributed by atoms with E-state index in [4.69, 9.17) is 10.5 Å². The van der Waals surface area contributed by atoms with Gasteiger partial charge in [0.05, 0.1) is 19.1 Å². The summed E-state index contributed by atoms with van der Waals surface area (Å²) >= 11 is 0. The summed E-state index contributed by atoms with van der Waals surface area (Å²) in [6.07, 6.45) is 0.119. The highest BCUT2D eigenvalue weighted by molar-refractivity contribution is 5.97. The molecule has 27 heavy (non-hydrogen) atoms. The Kier molecular flexibility index (Phi) is 6.21. The zero-order chi connectivity index (χ0) is 19.2. The average Bonchev–Trinajstić information content (AvgIpc) is 2.64. The van der Waals surface area contributed by atoms with Gasteiger partial charge in [0.15, 0.2) is 0 Å². The third-order valence-electron chi connectivity index (χ3n) is 4.68. The molecule has 0 aliphatic carbocycles. The maximum Gasteiger partial charge on any atom is 0.248 e. The van der Waals surface area contributed by atoms with E-state index in [0.717, 1.165) is 18.7 Å². The number of ether oxygens (including phenoxy) is 1. The van der Waals surface area contributed by atoms with Crippen molar-refractivity contribution < 1.29 is 14.3 Å². The third kappa shape index (κ3) is 5.39. The predicted molar refractivity (Wildman–Crippen MR) is 104 cm³/mol. The van der Waals surface area contributed by atoms with Crippen LogP contribution >= 0.6 is 0 Å². The molecule has 1 aliphatic rings. The van der Waals surface area contributed by atoms with E-state index in [1.807, 2.05) is 25.1 Å². The number of nitrogens with two attached hydrogens (primary N) is 1. The van der Waals surface area contributed by atoms with Crippen LogP contribution in [0, 0.1) is 6.92 Å². The Morgan fingerprint density at radius 2 is 2.00 bits per heavy atom. The lowest BCUT2D eigenvalue weighted by molar-refractivity contribution is -0.121. The molecular weight excluding hydrogens is 342 g/mol. The second kappa shape index (κ2) is 8.79. The maximum absolute atomic E-state index is 12.5. The van der Waals surface area contributed by atoms with Crippen molar-refractivity contribution in [3.8, 4) is 0 Å². The predicted octanol–water partition coefficient (Wildman–Crippen LogP) is 2.32. The number of benzene rings is 2. The summed E-state index contributed by atoms with van der Waals surface area (Å²) in [4.78, 5) is 26.1. The highest BCUT2D eigenvalue weighted by atomic mass is 16.5. The number of hydrogen-bond acceptors (Lipinski definition) is 4. The lowest BCUT2D eigenvalue weighted by Crippen LogP contribution is -2.43. The molecule has 3 rings (SSSR count). The first-order valence-corrected chi connectivity index (χ1v) is 9.09. The van der Waals surface area contributed by atoms with E-state index in [1.54, 1.807) is 18.2 Å². The summed E-state index contributed by atoms with van der Waals surface area (Å²) in [7, 11) is 0. The van der Waals surface area contributed by atoms with Crippen molar-refractivity contribution >= 4 is 17.5 Å². The average molecular weight is 367 g/mol. The van der Waals surface area contributed by atoms with Crippen molar-refractivity contribution in [2.45, 2.75) is 26.0 Å². The number of aryl methyl sites for hydroxylation is 1. The number of rotatable bonds is 6. The van der Waals surface area contributed by atoms with Crippen LogP contribution in [0.3, 0.4) is 0 Å². The zero-order valence-electron chi connectivity index (χ0n) is 15.5. The Balaban J connectivity index is 1.56. The molecule has 1 heterocycles. The number of nitrogens with one attached hydrogen (secondary N) is 1.